The summed E-state index contributed by atoms with van der Waals surface area (Å²) in [6, 6.07) is 20.2. The minimum Gasteiger partial charge on any atom is -0.340 e. The van der Waals surface area contributed by atoms with Gasteiger partial charge in [-0.2, -0.15) is 0 Å². The van der Waals surface area contributed by atoms with E-state index in [2.05, 4.69) is 20.6 Å². The number of carbonyl (C=O) groups excluding carboxylic acids is 1. The molecule has 0 aliphatic heterocycles. The third kappa shape index (κ3) is 4.64. The lowest BCUT2D eigenvalue weighted by molar-refractivity contribution is 0.102. The second-order valence-corrected chi connectivity index (χ2v) is 6.46. The summed E-state index contributed by atoms with van der Waals surface area (Å²) in [6.45, 7) is 0. The third-order valence-electron chi connectivity index (χ3n) is 4.33. The van der Waals surface area contributed by atoms with Crippen LogP contribution in [0.2, 0.25) is 0 Å². The predicted octanol–water partition coefficient (Wildman–Crippen LogP) is 5.42. The number of anilines is 3. The van der Waals surface area contributed by atoms with Gasteiger partial charge in [-0.1, -0.05) is 0 Å². The van der Waals surface area contributed by atoms with Crippen LogP contribution in [0.3, 0.4) is 0 Å². The molecule has 148 valence electrons. The molecule has 1 aromatic heterocycles. The maximum atomic E-state index is 13.1. The topological polar surface area (TPSA) is 66.9 Å². The molecule has 3 aromatic carbocycles. The fourth-order valence-corrected chi connectivity index (χ4v) is 2.79. The van der Waals surface area contributed by atoms with Crippen molar-refractivity contribution in [2.24, 2.45) is 0 Å². The van der Waals surface area contributed by atoms with Gasteiger partial charge in [-0.3, -0.25) is 4.79 Å². The van der Waals surface area contributed by atoms with Crippen LogP contribution in [0.25, 0.3) is 11.3 Å². The van der Waals surface area contributed by atoms with Gasteiger partial charge in [0.05, 0.1) is 5.69 Å². The van der Waals surface area contributed by atoms with Gasteiger partial charge < -0.3 is 10.6 Å². The number of amides is 1. The number of benzene rings is 3. The van der Waals surface area contributed by atoms with Crippen molar-refractivity contribution in [1.29, 1.82) is 0 Å². The van der Waals surface area contributed by atoms with Crippen molar-refractivity contribution >= 4 is 23.1 Å². The summed E-state index contributed by atoms with van der Waals surface area (Å²) in [4.78, 5) is 20.7. The van der Waals surface area contributed by atoms with Crippen molar-refractivity contribution < 1.29 is 13.6 Å². The lowest BCUT2D eigenvalue weighted by atomic mass is 10.1. The number of hydrogen-bond acceptors (Lipinski definition) is 4. The largest absolute Gasteiger partial charge is 0.340 e. The fourth-order valence-electron chi connectivity index (χ4n) is 2.79. The highest BCUT2D eigenvalue weighted by molar-refractivity contribution is 6.04. The Morgan fingerprint density at radius 3 is 2.00 bits per heavy atom. The zero-order valence-electron chi connectivity index (χ0n) is 15.6. The number of rotatable bonds is 5. The standard InChI is InChI=1S/C23H16F2N4O/c24-17-5-1-15(2-6-17)21-13-22(27-14-26-21)28-19-9-3-16(4-10-19)23(30)29-20-11-7-18(25)8-12-20/h1-14H,(H,29,30)(H,26,27,28). The van der Waals surface area contributed by atoms with Crippen LogP contribution in [0, 0.1) is 11.6 Å². The molecule has 0 aliphatic carbocycles. The molecule has 0 bridgehead atoms. The minimum absolute atomic E-state index is 0.297. The van der Waals surface area contributed by atoms with Crippen LogP contribution in [0.15, 0.2) is 85.2 Å². The molecular formula is C23H16F2N4O. The van der Waals surface area contributed by atoms with E-state index < -0.39 is 0 Å². The molecular weight excluding hydrogens is 386 g/mol. The van der Waals surface area contributed by atoms with Gasteiger partial charge in [-0.25, -0.2) is 18.7 Å². The number of hydrogen-bond donors (Lipinski definition) is 2. The zero-order valence-corrected chi connectivity index (χ0v) is 15.6. The first-order chi connectivity index (χ1) is 14.6. The molecule has 0 atom stereocenters. The lowest BCUT2D eigenvalue weighted by Gasteiger charge is -2.09. The Bertz CT molecular complexity index is 1160. The van der Waals surface area contributed by atoms with Gasteiger partial charge in [0, 0.05) is 28.6 Å². The van der Waals surface area contributed by atoms with Crippen molar-refractivity contribution in [2.75, 3.05) is 10.6 Å². The van der Waals surface area contributed by atoms with E-state index in [1.807, 2.05) is 0 Å². The van der Waals surface area contributed by atoms with E-state index in [-0.39, 0.29) is 17.5 Å². The molecule has 0 radical (unpaired) electrons. The number of nitrogens with zero attached hydrogens (tertiary/aromatic N) is 2. The molecule has 0 spiro atoms. The van der Waals surface area contributed by atoms with Gasteiger partial charge in [0.1, 0.15) is 23.8 Å². The highest BCUT2D eigenvalue weighted by atomic mass is 19.1. The average molecular weight is 402 g/mol. The Kier molecular flexibility index (Phi) is 5.43. The van der Waals surface area contributed by atoms with Crippen LogP contribution < -0.4 is 10.6 Å². The maximum Gasteiger partial charge on any atom is 0.255 e. The third-order valence-corrected chi connectivity index (χ3v) is 4.33. The number of carbonyl (C=O) groups is 1. The monoisotopic (exact) mass is 402 g/mol. The first-order valence-corrected chi connectivity index (χ1v) is 9.09. The van der Waals surface area contributed by atoms with Crippen LogP contribution in [0.4, 0.5) is 26.0 Å². The Labute approximate surface area is 171 Å². The Morgan fingerprint density at radius 2 is 1.33 bits per heavy atom. The second kappa shape index (κ2) is 8.48. The van der Waals surface area contributed by atoms with E-state index in [0.717, 1.165) is 11.3 Å². The Morgan fingerprint density at radius 1 is 0.733 bits per heavy atom. The molecule has 0 saturated carbocycles. The van der Waals surface area contributed by atoms with Gasteiger partial charge >= 0.3 is 0 Å². The summed E-state index contributed by atoms with van der Waals surface area (Å²) in [5.41, 5.74) is 3.13. The van der Waals surface area contributed by atoms with E-state index in [9.17, 15) is 13.6 Å². The number of nitrogens with one attached hydrogen (secondary N) is 2. The fraction of sp³-hybridized carbons (Fsp3) is 0. The van der Waals surface area contributed by atoms with E-state index in [0.29, 0.717) is 22.8 Å². The molecule has 4 aromatic rings. The first kappa shape index (κ1) is 19.2. The number of aromatic nitrogens is 2. The summed E-state index contributed by atoms with van der Waals surface area (Å²) < 4.78 is 26.1. The van der Waals surface area contributed by atoms with Crippen molar-refractivity contribution in [3.8, 4) is 11.3 Å². The normalized spacial score (nSPS) is 10.5. The summed E-state index contributed by atoms with van der Waals surface area (Å²) in [5, 5.41) is 5.86. The summed E-state index contributed by atoms with van der Waals surface area (Å²) >= 11 is 0. The van der Waals surface area contributed by atoms with Crippen LogP contribution in [0.1, 0.15) is 10.4 Å². The SMILES string of the molecule is O=C(Nc1ccc(F)cc1)c1ccc(Nc2cc(-c3ccc(F)cc3)ncn2)cc1. The van der Waals surface area contributed by atoms with Crippen molar-refractivity contribution in [3.63, 3.8) is 0 Å². The van der Waals surface area contributed by atoms with Gasteiger partial charge in [0.15, 0.2) is 0 Å². The number of halogens is 2. The summed E-state index contributed by atoms with van der Waals surface area (Å²) in [7, 11) is 0. The lowest BCUT2D eigenvalue weighted by Crippen LogP contribution is -2.11. The van der Waals surface area contributed by atoms with E-state index in [1.54, 1.807) is 42.5 Å². The molecule has 2 N–H and O–H groups in total. The highest BCUT2D eigenvalue weighted by Crippen LogP contribution is 2.22. The molecule has 7 heteroatoms. The van der Waals surface area contributed by atoms with Crippen molar-refractivity contribution in [3.05, 3.63) is 102 Å². The molecule has 0 fully saturated rings. The van der Waals surface area contributed by atoms with E-state index in [4.69, 9.17) is 0 Å². The molecule has 0 saturated heterocycles. The Hall–Kier alpha value is -4.13. The highest BCUT2D eigenvalue weighted by Gasteiger charge is 2.07. The van der Waals surface area contributed by atoms with Crippen LogP contribution >= 0.6 is 0 Å². The first-order valence-electron chi connectivity index (χ1n) is 9.09. The van der Waals surface area contributed by atoms with Crippen molar-refractivity contribution in [2.45, 2.75) is 0 Å². The summed E-state index contributed by atoms with van der Waals surface area (Å²) in [5.74, 6) is -0.410. The van der Waals surface area contributed by atoms with Crippen LogP contribution in [0.5, 0.6) is 0 Å². The molecule has 1 amide bonds. The van der Waals surface area contributed by atoms with Gasteiger partial charge in [0.25, 0.3) is 5.91 Å². The molecule has 30 heavy (non-hydrogen) atoms. The second-order valence-electron chi connectivity index (χ2n) is 6.46. The van der Waals surface area contributed by atoms with Crippen molar-refractivity contribution in [1.82, 2.24) is 9.97 Å². The van der Waals surface area contributed by atoms with Gasteiger partial charge in [-0.05, 0) is 72.8 Å². The minimum atomic E-state index is -0.365. The smallest absolute Gasteiger partial charge is 0.255 e. The Balaban J connectivity index is 1.44. The maximum absolute atomic E-state index is 13.1. The van der Waals surface area contributed by atoms with Gasteiger partial charge in [-0.15, -0.1) is 0 Å². The quantitative estimate of drug-likeness (QED) is 0.468. The molecule has 4 rings (SSSR count). The average Bonchev–Trinajstić information content (AvgIpc) is 2.76. The molecule has 5 nitrogen and oxygen atoms in total. The molecule has 0 aliphatic rings. The zero-order chi connectivity index (χ0) is 20.9. The van der Waals surface area contributed by atoms with Crippen LogP contribution in [-0.4, -0.2) is 15.9 Å². The molecule has 0 unspecified atom stereocenters. The van der Waals surface area contributed by atoms with E-state index in [1.165, 1.54) is 42.7 Å². The van der Waals surface area contributed by atoms with Crippen LogP contribution in [-0.2, 0) is 0 Å². The molecule has 1 heterocycles. The van der Waals surface area contributed by atoms with Gasteiger partial charge in [0.2, 0.25) is 0 Å². The predicted molar refractivity (Wildman–Crippen MR) is 112 cm³/mol. The van der Waals surface area contributed by atoms with E-state index >= 15 is 0 Å². The summed E-state index contributed by atoms with van der Waals surface area (Å²) in [6.07, 6.45) is 1.42.